The molecule has 3 rings (SSSR count). The Bertz CT molecular complexity index is 762. The first-order valence-electron chi connectivity index (χ1n) is 8.22. The summed E-state index contributed by atoms with van der Waals surface area (Å²) >= 11 is 1.50. The molecule has 0 saturated carbocycles. The number of likely N-dealkylation sites (tertiary alicyclic amines) is 1. The molecule has 0 aliphatic carbocycles. The molecule has 0 spiro atoms. The van der Waals surface area contributed by atoms with Crippen LogP contribution in [0.4, 0.5) is 9.80 Å². The summed E-state index contributed by atoms with van der Waals surface area (Å²) in [6.07, 6.45) is 1.84. The fourth-order valence-electron chi connectivity index (χ4n) is 3.17. The van der Waals surface area contributed by atoms with E-state index in [1.54, 1.807) is 11.6 Å². The van der Waals surface area contributed by atoms with Crippen LogP contribution >= 0.6 is 11.3 Å². The first-order valence-corrected chi connectivity index (χ1v) is 9.10. The number of thiophene rings is 1. The van der Waals surface area contributed by atoms with Crippen LogP contribution in [-0.2, 0) is 7.05 Å². The third kappa shape index (κ3) is 3.24. The Balaban J connectivity index is 1.77. The second kappa shape index (κ2) is 6.80. The Labute approximate surface area is 144 Å². The minimum Gasteiger partial charge on any atom is -0.324 e. The predicted molar refractivity (Wildman–Crippen MR) is 94.7 cm³/mol. The Morgan fingerprint density at radius 2 is 2.25 bits per heavy atom. The highest BCUT2D eigenvalue weighted by Crippen LogP contribution is 2.27. The summed E-state index contributed by atoms with van der Waals surface area (Å²) in [6, 6.07) is 3.77. The minimum absolute atomic E-state index is 0.0523. The molecule has 2 amide bonds. The number of rotatable bonds is 3. The highest BCUT2D eigenvalue weighted by Gasteiger charge is 2.30. The number of hydrogen-bond donors (Lipinski definition) is 1. The number of piperidine rings is 1. The molecule has 1 aliphatic heterocycles. The zero-order valence-electron chi connectivity index (χ0n) is 14.2. The normalized spacial score (nSPS) is 18.2. The average molecular weight is 349 g/mol. The van der Waals surface area contributed by atoms with E-state index in [4.69, 9.17) is 0 Å². The molecule has 1 aliphatic rings. The predicted octanol–water partition coefficient (Wildman–Crippen LogP) is 2.64. The zero-order chi connectivity index (χ0) is 17.3. The summed E-state index contributed by atoms with van der Waals surface area (Å²) in [5.41, 5.74) is -0.0971. The topological polar surface area (TPSA) is 72.2 Å². The quantitative estimate of drug-likeness (QED) is 0.926. The second-order valence-corrected chi connectivity index (χ2v) is 7.37. The van der Waals surface area contributed by atoms with Gasteiger partial charge in [0.15, 0.2) is 0 Å². The Hall–Kier alpha value is -2.09. The van der Waals surface area contributed by atoms with E-state index in [9.17, 15) is 9.59 Å². The number of nitrogens with one attached hydrogen (secondary N) is 1. The number of aryl methyl sites for hydroxylation is 1. The fraction of sp³-hybridized carbons (Fsp3) is 0.562. The van der Waals surface area contributed by atoms with Gasteiger partial charge in [-0.1, -0.05) is 0 Å². The van der Waals surface area contributed by atoms with Crippen LogP contribution in [0, 0.1) is 0 Å². The van der Waals surface area contributed by atoms with Gasteiger partial charge in [0.05, 0.1) is 5.00 Å². The molecule has 0 bridgehead atoms. The van der Waals surface area contributed by atoms with Crippen molar-refractivity contribution in [2.24, 2.45) is 7.05 Å². The van der Waals surface area contributed by atoms with Crippen LogP contribution in [0.15, 0.2) is 22.3 Å². The van der Waals surface area contributed by atoms with E-state index < -0.39 is 0 Å². The van der Waals surface area contributed by atoms with Crippen molar-refractivity contribution in [1.29, 1.82) is 0 Å². The maximum absolute atomic E-state index is 12.5. The van der Waals surface area contributed by atoms with Crippen LogP contribution in [0.3, 0.4) is 0 Å². The molecular weight excluding hydrogens is 326 g/mol. The van der Waals surface area contributed by atoms with Crippen molar-refractivity contribution in [2.75, 3.05) is 18.4 Å². The Morgan fingerprint density at radius 3 is 2.92 bits per heavy atom. The van der Waals surface area contributed by atoms with Crippen molar-refractivity contribution in [3.63, 3.8) is 0 Å². The van der Waals surface area contributed by atoms with Crippen molar-refractivity contribution in [3.05, 3.63) is 33.8 Å². The van der Waals surface area contributed by atoms with E-state index in [1.807, 2.05) is 36.3 Å². The standard InChI is InChI=1S/C16H23N5O2S/c1-11(2)21-14(18-19(3)16(21)23)12-6-4-8-20(10-12)15(22)17-13-7-5-9-24-13/h5,7,9,11-12H,4,6,8,10H2,1-3H3,(H,17,22). The van der Waals surface area contributed by atoms with E-state index >= 15 is 0 Å². The molecule has 1 fully saturated rings. The second-order valence-electron chi connectivity index (χ2n) is 6.42. The first-order chi connectivity index (χ1) is 11.5. The third-order valence-corrected chi connectivity index (χ3v) is 5.11. The van der Waals surface area contributed by atoms with Crippen LogP contribution in [0.25, 0.3) is 0 Å². The average Bonchev–Trinajstić information content (AvgIpc) is 3.16. The van der Waals surface area contributed by atoms with E-state index in [2.05, 4.69) is 10.4 Å². The number of urea groups is 1. The zero-order valence-corrected chi connectivity index (χ0v) is 15.0. The van der Waals surface area contributed by atoms with E-state index in [0.29, 0.717) is 6.54 Å². The molecule has 0 aromatic carbocycles. The van der Waals surface area contributed by atoms with Gasteiger partial charge in [0.2, 0.25) is 0 Å². The molecule has 8 heteroatoms. The Morgan fingerprint density at radius 1 is 1.46 bits per heavy atom. The summed E-state index contributed by atoms with van der Waals surface area (Å²) in [7, 11) is 1.68. The third-order valence-electron chi connectivity index (χ3n) is 4.32. The summed E-state index contributed by atoms with van der Waals surface area (Å²) in [6.45, 7) is 5.28. The first kappa shape index (κ1) is 16.8. The number of carbonyl (C=O) groups excluding carboxylic acids is 1. The van der Waals surface area contributed by atoms with Crippen LogP contribution in [0.2, 0.25) is 0 Å². The molecule has 0 radical (unpaired) electrons. The molecule has 2 aromatic rings. The van der Waals surface area contributed by atoms with E-state index in [1.165, 1.54) is 16.0 Å². The van der Waals surface area contributed by atoms with Gasteiger partial charge >= 0.3 is 11.7 Å². The van der Waals surface area contributed by atoms with Crippen molar-refractivity contribution >= 4 is 22.4 Å². The molecule has 1 atom stereocenters. The van der Waals surface area contributed by atoms with Crippen molar-refractivity contribution in [2.45, 2.75) is 38.6 Å². The minimum atomic E-state index is -0.0971. The van der Waals surface area contributed by atoms with Gasteiger partial charge in [0.25, 0.3) is 0 Å². The molecule has 1 N–H and O–H groups in total. The summed E-state index contributed by atoms with van der Waals surface area (Å²) < 4.78 is 3.13. The highest BCUT2D eigenvalue weighted by atomic mass is 32.1. The van der Waals surface area contributed by atoms with Crippen LogP contribution in [0.1, 0.15) is 44.5 Å². The van der Waals surface area contributed by atoms with Crippen molar-refractivity contribution < 1.29 is 4.79 Å². The van der Waals surface area contributed by atoms with Crippen LogP contribution < -0.4 is 11.0 Å². The molecule has 7 nitrogen and oxygen atoms in total. The summed E-state index contributed by atoms with van der Waals surface area (Å²) in [5.74, 6) is 0.871. The summed E-state index contributed by atoms with van der Waals surface area (Å²) in [5, 5.41) is 10.1. The maximum atomic E-state index is 12.5. The van der Waals surface area contributed by atoms with Gasteiger partial charge in [-0.15, -0.1) is 11.3 Å². The van der Waals surface area contributed by atoms with Gasteiger partial charge in [0.1, 0.15) is 5.82 Å². The molecule has 130 valence electrons. The lowest BCUT2D eigenvalue weighted by Crippen LogP contribution is -2.42. The number of hydrogen-bond acceptors (Lipinski definition) is 4. The van der Waals surface area contributed by atoms with Gasteiger partial charge in [-0.3, -0.25) is 9.88 Å². The van der Waals surface area contributed by atoms with Gasteiger partial charge in [-0.2, -0.15) is 5.10 Å². The van der Waals surface area contributed by atoms with Crippen molar-refractivity contribution in [3.8, 4) is 0 Å². The van der Waals surface area contributed by atoms with Crippen molar-refractivity contribution in [1.82, 2.24) is 19.2 Å². The summed E-state index contributed by atoms with van der Waals surface area (Å²) in [4.78, 5) is 26.6. The number of nitrogens with zero attached hydrogens (tertiary/aromatic N) is 4. The lowest BCUT2D eigenvalue weighted by atomic mass is 9.97. The van der Waals surface area contributed by atoms with Crippen LogP contribution in [-0.4, -0.2) is 38.4 Å². The smallest absolute Gasteiger partial charge is 0.324 e. The molecular formula is C16H23N5O2S. The molecule has 1 saturated heterocycles. The van der Waals surface area contributed by atoms with Crippen LogP contribution in [0.5, 0.6) is 0 Å². The monoisotopic (exact) mass is 349 g/mol. The van der Waals surface area contributed by atoms with Gasteiger partial charge in [-0.25, -0.2) is 14.3 Å². The van der Waals surface area contributed by atoms with E-state index in [-0.39, 0.29) is 23.7 Å². The highest BCUT2D eigenvalue weighted by molar-refractivity contribution is 7.14. The number of aromatic nitrogens is 3. The maximum Gasteiger partial charge on any atom is 0.345 e. The van der Waals surface area contributed by atoms with Gasteiger partial charge in [0, 0.05) is 32.1 Å². The number of carbonyl (C=O) groups is 1. The lowest BCUT2D eigenvalue weighted by Gasteiger charge is -2.32. The SMILES string of the molecule is CC(C)n1c(C2CCCN(C(=O)Nc3cccs3)C2)nn(C)c1=O. The van der Waals surface area contributed by atoms with Gasteiger partial charge < -0.3 is 4.90 Å². The number of amides is 2. The fourth-order valence-corrected chi connectivity index (χ4v) is 3.78. The number of anilines is 1. The van der Waals surface area contributed by atoms with Gasteiger partial charge in [-0.05, 0) is 44.2 Å². The molecule has 2 aromatic heterocycles. The molecule has 24 heavy (non-hydrogen) atoms. The van der Waals surface area contributed by atoms with E-state index in [0.717, 1.165) is 30.2 Å². The largest absolute Gasteiger partial charge is 0.345 e. The molecule has 1 unspecified atom stereocenters. The Kier molecular flexibility index (Phi) is 4.75. The lowest BCUT2D eigenvalue weighted by molar-refractivity contribution is 0.190. The molecule has 3 heterocycles.